The number of aliphatic hydroxyl groups is 1. The van der Waals surface area contributed by atoms with E-state index in [1.807, 2.05) is 0 Å². The largest absolute Gasteiger partial charge is 0.395 e. The maximum Gasteiger partial charge on any atom is 0.274 e. The molecule has 5 nitrogen and oxygen atoms in total. The molecule has 1 N–H and O–H groups in total. The molecule has 0 saturated heterocycles. The van der Waals surface area contributed by atoms with Crippen molar-refractivity contribution in [2.24, 2.45) is 0 Å². The zero-order valence-electron chi connectivity index (χ0n) is 12.4. The van der Waals surface area contributed by atoms with Crippen molar-refractivity contribution in [1.29, 1.82) is 0 Å². The lowest BCUT2D eigenvalue weighted by Gasteiger charge is -2.19. The zero-order chi connectivity index (χ0) is 17.0. The number of nitrogens with zero attached hydrogens (tertiary/aromatic N) is 3. The summed E-state index contributed by atoms with van der Waals surface area (Å²) in [7, 11) is 0. The SMILES string of the molecule is Cc1cc(C(=O)N(CCO)CC(F)F)nn1-c1ccc(F)cc1. The van der Waals surface area contributed by atoms with Gasteiger partial charge < -0.3 is 10.0 Å². The summed E-state index contributed by atoms with van der Waals surface area (Å²) < 4.78 is 39.5. The second-order valence-corrected chi connectivity index (χ2v) is 4.93. The van der Waals surface area contributed by atoms with E-state index in [2.05, 4.69) is 5.10 Å². The van der Waals surface area contributed by atoms with E-state index in [9.17, 15) is 18.0 Å². The smallest absolute Gasteiger partial charge is 0.274 e. The van der Waals surface area contributed by atoms with E-state index in [-0.39, 0.29) is 12.2 Å². The molecule has 1 amide bonds. The minimum atomic E-state index is -2.70. The lowest BCUT2D eigenvalue weighted by molar-refractivity contribution is 0.0504. The van der Waals surface area contributed by atoms with Gasteiger partial charge >= 0.3 is 0 Å². The quantitative estimate of drug-likeness (QED) is 0.883. The third kappa shape index (κ3) is 4.10. The number of aryl methyl sites for hydroxylation is 1. The molecule has 1 aromatic carbocycles. The molecular formula is C15H16F3N3O2. The first kappa shape index (κ1) is 17.0. The van der Waals surface area contributed by atoms with Crippen LogP contribution in [-0.4, -0.2) is 51.8 Å². The number of alkyl halides is 2. The highest BCUT2D eigenvalue weighted by atomic mass is 19.3. The molecule has 0 radical (unpaired) electrons. The molecule has 0 saturated carbocycles. The van der Waals surface area contributed by atoms with Crippen molar-refractivity contribution in [2.75, 3.05) is 19.7 Å². The number of benzene rings is 1. The number of hydrogen-bond acceptors (Lipinski definition) is 3. The lowest BCUT2D eigenvalue weighted by atomic mass is 10.3. The minimum absolute atomic E-state index is 0.0130. The lowest BCUT2D eigenvalue weighted by Crippen LogP contribution is -2.37. The van der Waals surface area contributed by atoms with Crippen molar-refractivity contribution in [2.45, 2.75) is 13.3 Å². The Hall–Kier alpha value is -2.35. The van der Waals surface area contributed by atoms with Crippen LogP contribution in [0, 0.1) is 12.7 Å². The zero-order valence-corrected chi connectivity index (χ0v) is 12.4. The first-order valence-corrected chi connectivity index (χ1v) is 6.93. The fourth-order valence-corrected chi connectivity index (χ4v) is 2.15. The number of rotatable bonds is 6. The van der Waals surface area contributed by atoms with Crippen LogP contribution < -0.4 is 0 Å². The molecule has 0 atom stereocenters. The maximum atomic E-state index is 13.0. The van der Waals surface area contributed by atoms with Gasteiger partial charge in [-0.25, -0.2) is 17.9 Å². The maximum absolute atomic E-state index is 13.0. The topological polar surface area (TPSA) is 58.4 Å². The normalized spacial score (nSPS) is 11.0. The molecule has 0 fully saturated rings. The molecule has 0 aliphatic rings. The molecule has 23 heavy (non-hydrogen) atoms. The number of halogens is 3. The van der Waals surface area contributed by atoms with E-state index in [0.29, 0.717) is 11.4 Å². The number of aliphatic hydroxyl groups excluding tert-OH is 1. The second-order valence-electron chi connectivity index (χ2n) is 4.93. The third-order valence-electron chi connectivity index (χ3n) is 3.19. The van der Waals surface area contributed by atoms with Gasteiger partial charge in [0.25, 0.3) is 12.3 Å². The summed E-state index contributed by atoms with van der Waals surface area (Å²) in [6.45, 7) is 0.292. The Morgan fingerprint density at radius 1 is 1.35 bits per heavy atom. The van der Waals surface area contributed by atoms with Crippen LogP contribution in [0.3, 0.4) is 0 Å². The monoisotopic (exact) mass is 327 g/mol. The van der Waals surface area contributed by atoms with Gasteiger partial charge in [-0.2, -0.15) is 5.10 Å². The average molecular weight is 327 g/mol. The van der Waals surface area contributed by atoms with Gasteiger partial charge in [-0.1, -0.05) is 0 Å². The molecule has 1 heterocycles. The molecule has 0 unspecified atom stereocenters. The van der Waals surface area contributed by atoms with Crippen molar-refractivity contribution in [1.82, 2.24) is 14.7 Å². The van der Waals surface area contributed by atoms with Gasteiger partial charge in [0, 0.05) is 12.2 Å². The van der Waals surface area contributed by atoms with Crippen LogP contribution in [0.4, 0.5) is 13.2 Å². The fraction of sp³-hybridized carbons (Fsp3) is 0.333. The first-order chi connectivity index (χ1) is 10.9. The predicted octanol–water partition coefficient (Wildman–Crippen LogP) is 2.02. The Morgan fingerprint density at radius 2 is 2.00 bits per heavy atom. The van der Waals surface area contributed by atoms with Gasteiger partial charge in [-0.05, 0) is 37.3 Å². The molecule has 0 bridgehead atoms. The highest BCUT2D eigenvalue weighted by Crippen LogP contribution is 2.14. The number of carbonyl (C=O) groups is 1. The number of carbonyl (C=O) groups excluding carboxylic acids is 1. The molecule has 0 aliphatic carbocycles. The Labute approximate surface area is 130 Å². The van der Waals surface area contributed by atoms with Gasteiger partial charge in [0.1, 0.15) is 5.82 Å². The first-order valence-electron chi connectivity index (χ1n) is 6.93. The minimum Gasteiger partial charge on any atom is -0.395 e. The van der Waals surface area contributed by atoms with Crippen molar-refractivity contribution < 1.29 is 23.1 Å². The Morgan fingerprint density at radius 3 is 2.57 bits per heavy atom. The molecule has 124 valence electrons. The molecule has 8 heteroatoms. The second kappa shape index (κ2) is 7.28. The van der Waals surface area contributed by atoms with Crippen molar-refractivity contribution in [3.8, 4) is 5.69 Å². The number of hydrogen-bond donors (Lipinski definition) is 1. The average Bonchev–Trinajstić information content (AvgIpc) is 2.88. The summed E-state index contributed by atoms with van der Waals surface area (Å²) in [5.74, 6) is -1.09. The van der Waals surface area contributed by atoms with Gasteiger partial charge in [-0.15, -0.1) is 0 Å². The van der Waals surface area contributed by atoms with Gasteiger partial charge in [0.2, 0.25) is 0 Å². The molecule has 2 aromatic rings. The van der Waals surface area contributed by atoms with Crippen LogP contribution in [0.2, 0.25) is 0 Å². The van der Waals surface area contributed by atoms with Crippen molar-refractivity contribution >= 4 is 5.91 Å². The van der Waals surface area contributed by atoms with Crippen LogP contribution in [-0.2, 0) is 0 Å². The third-order valence-corrected chi connectivity index (χ3v) is 3.19. The van der Waals surface area contributed by atoms with Crippen LogP contribution in [0.15, 0.2) is 30.3 Å². The van der Waals surface area contributed by atoms with Crippen LogP contribution in [0.5, 0.6) is 0 Å². The van der Waals surface area contributed by atoms with Crippen LogP contribution >= 0.6 is 0 Å². The molecule has 1 aromatic heterocycles. The molecule has 0 spiro atoms. The van der Waals surface area contributed by atoms with Gasteiger partial charge in [-0.3, -0.25) is 4.79 Å². The standard InChI is InChI=1S/C15H16F3N3O2/c1-10-8-13(15(23)20(6-7-22)9-14(17)18)19-21(10)12-4-2-11(16)3-5-12/h2-5,8,14,22H,6-7,9H2,1H3. The Balaban J connectivity index is 2.28. The van der Waals surface area contributed by atoms with E-state index in [0.717, 1.165) is 4.90 Å². The van der Waals surface area contributed by atoms with Gasteiger partial charge in [0.05, 0.1) is 18.8 Å². The summed E-state index contributed by atoms with van der Waals surface area (Å²) in [5, 5.41) is 13.0. The number of aromatic nitrogens is 2. The summed E-state index contributed by atoms with van der Waals surface area (Å²) >= 11 is 0. The van der Waals surface area contributed by atoms with Crippen LogP contribution in [0.1, 0.15) is 16.2 Å². The summed E-state index contributed by atoms with van der Waals surface area (Å²) in [4.78, 5) is 13.1. The van der Waals surface area contributed by atoms with E-state index in [4.69, 9.17) is 5.11 Å². The van der Waals surface area contributed by atoms with Crippen LogP contribution in [0.25, 0.3) is 5.69 Å². The number of amides is 1. The molecule has 0 aliphatic heterocycles. The van der Waals surface area contributed by atoms with Gasteiger partial charge in [0.15, 0.2) is 5.69 Å². The Kier molecular flexibility index (Phi) is 5.38. The van der Waals surface area contributed by atoms with E-state index in [1.54, 1.807) is 6.92 Å². The summed E-state index contributed by atoms with van der Waals surface area (Å²) in [6, 6.07) is 6.96. The fourth-order valence-electron chi connectivity index (χ4n) is 2.15. The van der Waals surface area contributed by atoms with Crippen molar-refractivity contribution in [3.05, 3.63) is 47.5 Å². The van der Waals surface area contributed by atoms with E-state index >= 15 is 0 Å². The molecule has 2 rings (SSSR count). The van der Waals surface area contributed by atoms with E-state index < -0.39 is 31.3 Å². The summed E-state index contributed by atoms with van der Waals surface area (Å²) in [5.41, 5.74) is 1.13. The Bertz CT molecular complexity index is 671. The highest BCUT2D eigenvalue weighted by molar-refractivity contribution is 5.92. The predicted molar refractivity (Wildman–Crippen MR) is 77.3 cm³/mol. The van der Waals surface area contributed by atoms with Crippen molar-refractivity contribution in [3.63, 3.8) is 0 Å². The van der Waals surface area contributed by atoms with E-state index in [1.165, 1.54) is 35.0 Å². The summed E-state index contributed by atoms with van der Waals surface area (Å²) in [6.07, 6.45) is -2.70. The molecular weight excluding hydrogens is 311 g/mol. The highest BCUT2D eigenvalue weighted by Gasteiger charge is 2.22.